The van der Waals surface area contributed by atoms with Crippen LogP contribution in [0.2, 0.25) is 0 Å². The van der Waals surface area contributed by atoms with Crippen molar-refractivity contribution in [3.63, 3.8) is 0 Å². The third-order valence-electron chi connectivity index (χ3n) is 7.38. The molecule has 0 spiro atoms. The van der Waals surface area contributed by atoms with Gasteiger partial charge < -0.3 is 4.74 Å². The SMILES string of the molecule is CCCC1CCC(C2CCC(CC/C=C\c3ccc(OC(F)(F)F)c(F)c3)CC2)CC1. The maximum Gasteiger partial charge on any atom is 0.573 e. The van der Waals surface area contributed by atoms with E-state index in [1.54, 1.807) is 6.08 Å². The summed E-state index contributed by atoms with van der Waals surface area (Å²) in [5.41, 5.74) is 0.550. The summed E-state index contributed by atoms with van der Waals surface area (Å²) in [4.78, 5) is 0. The molecule has 2 fully saturated rings. The molecule has 0 amide bonds. The first-order valence-corrected chi connectivity index (χ1v) is 12.1. The van der Waals surface area contributed by atoms with Crippen LogP contribution in [0.15, 0.2) is 24.3 Å². The van der Waals surface area contributed by atoms with Crippen LogP contribution in [-0.4, -0.2) is 6.36 Å². The fourth-order valence-electron chi connectivity index (χ4n) is 5.68. The highest BCUT2D eigenvalue weighted by molar-refractivity contribution is 5.51. The van der Waals surface area contributed by atoms with Gasteiger partial charge in [0.15, 0.2) is 11.6 Å². The Hall–Kier alpha value is -1.52. The molecule has 31 heavy (non-hydrogen) atoms. The Morgan fingerprint density at radius 3 is 2.00 bits per heavy atom. The number of allylic oxidation sites excluding steroid dienone is 1. The van der Waals surface area contributed by atoms with Gasteiger partial charge in [0.05, 0.1) is 0 Å². The van der Waals surface area contributed by atoms with E-state index in [1.165, 1.54) is 70.3 Å². The van der Waals surface area contributed by atoms with E-state index in [1.807, 2.05) is 6.08 Å². The Morgan fingerprint density at radius 1 is 0.903 bits per heavy atom. The van der Waals surface area contributed by atoms with Crippen molar-refractivity contribution in [3.8, 4) is 5.75 Å². The minimum Gasteiger partial charge on any atom is -0.403 e. The highest BCUT2D eigenvalue weighted by Gasteiger charge is 2.32. The molecule has 0 unspecified atom stereocenters. The molecule has 0 aromatic heterocycles. The zero-order valence-electron chi connectivity index (χ0n) is 18.6. The van der Waals surface area contributed by atoms with Gasteiger partial charge in [0.25, 0.3) is 0 Å². The lowest BCUT2D eigenvalue weighted by molar-refractivity contribution is -0.275. The normalized spacial score (nSPS) is 27.5. The minimum atomic E-state index is -4.88. The summed E-state index contributed by atoms with van der Waals surface area (Å²) >= 11 is 0. The van der Waals surface area contributed by atoms with E-state index in [0.717, 1.165) is 48.6 Å². The Bertz CT molecular complexity index is 696. The molecular formula is C26H36F4O. The van der Waals surface area contributed by atoms with E-state index in [0.29, 0.717) is 5.56 Å². The van der Waals surface area contributed by atoms with Crippen LogP contribution in [0.5, 0.6) is 5.75 Å². The standard InChI is InChI=1S/C26H36F4O/c1-2-5-19-8-13-22(14-9-19)23-15-10-20(11-16-23)6-3-4-7-21-12-17-25(24(27)18-21)31-26(28,29)30/h4,7,12,17-20,22-23H,2-3,5-6,8-11,13-16H2,1H3/b7-4-. The van der Waals surface area contributed by atoms with Gasteiger partial charge in [0.1, 0.15) is 0 Å². The van der Waals surface area contributed by atoms with Gasteiger partial charge in [-0.05, 0) is 79.9 Å². The summed E-state index contributed by atoms with van der Waals surface area (Å²) in [5, 5.41) is 0. The molecule has 3 rings (SSSR count). The first-order chi connectivity index (χ1) is 14.8. The van der Waals surface area contributed by atoms with Crippen LogP contribution in [0, 0.1) is 29.5 Å². The molecule has 0 saturated heterocycles. The molecule has 174 valence electrons. The van der Waals surface area contributed by atoms with Crippen molar-refractivity contribution in [2.75, 3.05) is 0 Å². The summed E-state index contributed by atoms with van der Waals surface area (Å²) in [7, 11) is 0. The summed E-state index contributed by atoms with van der Waals surface area (Å²) in [6, 6.07) is 3.55. The lowest BCUT2D eigenvalue weighted by Gasteiger charge is -2.38. The molecule has 1 aromatic carbocycles. The van der Waals surface area contributed by atoms with Crippen LogP contribution in [0.1, 0.15) is 89.5 Å². The largest absolute Gasteiger partial charge is 0.573 e. The quantitative estimate of drug-likeness (QED) is 0.367. The van der Waals surface area contributed by atoms with E-state index in [2.05, 4.69) is 11.7 Å². The Labute approximate surface area is 184 Å². The molecule has 0 radical (unpaired) electrons. The van der Waals surface area contributed by atoms with Gasteiger partial charge in [-0.1, -0.05) is 63.7 Å². The number of rotatable bonds is 8. The molecule has 1 aromatic rings. The van der Waals surface area contributed by atoms with Crippen LogP contribution >= 0.6 is 0 Å². The van der Waals surface area contributed by atoms with Crippen molar-refractivity contribution in [1.29, 1.82) is 0 Å². The van der Waals surface area contributed by atoms with Crippen molar-refractivity contribution in [2.24, 2.45) is 23.7 Å². The van der Waals surface area contributed by atoms with Crippen LogP contribution in [0.25, 0.3) is 6.08 Å². The van der Waals surface area contributed by atoms with Gasteiger partial charge in [-0.2, -0.15) is 0 Å². The fraction of sp³-hybridized carbons (Fsp3) is 0.692. The van der Waals surface area contributed by atoms with Crippen molar-refractivity contribution >= 4 is 6.08 Å². The summed E-state index contributed by atoms with van der Waals surface area (Å²) in [6.07, 6.45) is 14.8. The van der Waals surface area contributed by atoms with Gasteiger partial charge in [-0.25, -0.2) is 4.39 Å². The topological polar surface area (TPSA) is 9.23 Å². The molecule has 2 aliphatic rings. The molecule has 2 saturated carbocycles. The Morgan fingerprint density at radius 2 is 1.48 bits per heavy atom. The molecule has 1 nitrogen and oxygen atoms in total. The fourth-order valence-corrected chi connectivity index (χ4v) is 5.68. The van der Waals surface area contributed by atoms with Crippen LogP contribution in [0.4, 0.5) is 17.6 Å². The van der Waals surface area contributed by atoms with Gasteiger partial charge in [-0.15, -0.1) is 13.2 Å². The molecule has 5 heteroatoms. The molecular weight excluding hydrogens is 404 g/mol. The maximum absolute atomic E-state index is 13.8. The smallest absolute Gasteiger partial charge is 0.403 e. The molecule has 0 atom stereocenters. The zero-order chi connectivity index (χ0) is 22.3. The van der Waals surface area contributed by atoms with E-state index < -0.39 is 17.9 Å². The van der Waals surface area contributed by atoms with Gasteiger partial charge in [0, 0.05) is 0 Å². The predicted molar refractivity (Wildman–Crippen MR) is 117 cm³/mol. The van der Waals surface area contributed by atoms with E-state index in [4.69, 9.17) is 0 Å². The van der Waals surface area contributed by atoms with Gasteiger partial charge >= 0.3 is 6.36 Å². The summed E-state index contributed by atoms with van der Waals surface area (Å²) in [5.74, 6) is 1.83. The van der Waals surface area contributed by atoms with E-state index >= 15 is 0 Å². The van der Waals surface area contributed by atoms with Gasteiger partial charge in [0.2, 0.25) is 0 Å². The highest BCUT2D eigenvalue weighted by atomic mass is 19.4. The highest BCUT2D eigenvalue weighted by Crippen LogP contribution is 2.43. The summed E-state index contributed by atoms with van der Waals surface area (Å²) in [6.45, 7) is 2.30. The average molecular weight is 441 g/mol. The second-order valence-corrected chi connectivity index (χ2v) is 9.57. The van der Waals surface area contributed by atoms with Crippen molar-refractivity contribution in [1.82, 2.24) is 0 Å². The lowest BCUT2D eigenvalue weighted by Crippen LogP contribution is -2.25. The van der Waals surface area contributed by atoms with E-state index in [-0.39, 0.29) is 0 Å². The van der Waals surface area contributed by atoms with E-state index in [9.17, 15) is 17.6 Å². The second kappa shape index (κ2) is 11.4. The molecule has 2 aliphatic carbocycles. The third-order valence-corrected chi connectivity index (χ3v) is 7.38. The summed E-state index contributed by atoms with van der Waals surface area (Å²) < 4.78 is 54.1. The number of hydrogen-bond donors (Lipinski definition) is 0. The number of benzene rings is 1. The first-order valence-electron chi connectivity index (χ1n) is 12.1. The lowest BCUT2D eigenvalue weighted by atomic mass is 9.68. The molecule has 0 bridgehead atoms. The number of ether oxygens (including phenoxy) is 1. The van der Waals surface area contributed by atoms with Crippen LogP contribution in [-0.2, 0) is 0 Å². The number of halogens is 4. The molecule has 0 aliphatic heterocycles. The van der Waals surface area contributed by atoms with Crippen molar-refractivity contribution in [2.45, 2.75) is 90.3 Å². The maximum atomic E-state index is 13.8. The van der Waals surface area contributed by atoms with Crippen LogP contribution in [0.3, 0.4) is 0 Å². The zero-order valence-corrected chi connectivity index (χ0v) is 18.6. The average Bonchev–Trinajstić information content (AvgIpc) is 2.73. The Kier molecular flexibility index (Phi) is 8.85. The van der Waals surface area contributed by atoms with Crippen molar-refractivity contribution in [3.05, 3.63) is 35.7 Å². The third kappa shape index (κ3) is 7.84. The number of hydrogen-bond acceptors (Lipinski definition) is 1. The van der Waals surface area contributed by atoms with Gasteiger partial charge in [-0.3, -0.25) is 0 Å². The second-order valence-electron chi connectivity index (χ2n) is 9.57. The molecule has 0 N–H and O–H groups in total. The van der Waals surface area contributed by atoms with Crippen LogP contribution < -0.4 is 4.74 Å². The predicted octanol–water partition coefficient (Wildman–Crippen LogP) is 8.93. The van der Waals surface area contributed by atoms with Crippen molar-refractivity contribution < 1.29 is 22.3 Å². The minimum absolute atomic E-state index is 0.550. The Balaban J connectivity index is 1.36. The number of alkyl halides is 3. The first kappa shape index (κ1) is 24.1. The molecule has 0 heterocycles. The monoisotopic (exact) mass is 440 g/mol.